The lowest BCUT2D eigenvalue weighted by Crippen LogP contribution is -2.17. The molecule has 0 spiro atoms. The Hall–Kier alpha value is -4.97. The van der Waals surface area contributed by atoms with Gasteiger partial charge < -0.3 is 5.32 Å². The fraction of sp³-hybridized carbons (Fsp3) is 0.133. The normalized spacial score (nSPS) is 11.4. The van der Waals surface area contributed by atoms with Crippen LogP contribution in [-0.4, -0.2) is 20.7 Å². The van der Waals surface area contributed by atoms with Crippen molar-refractivity contribution in [2.75, 3.05) is 5.32 Å². The Morgan fingerprint density at radius 1 is 1.00 bits per heavy atom. The number of anilines is 1. The molecule has 5 rings (SSSR count). The SMILES string of the molecule is Cc1ccc(-c2cc(C(=O)Nc3c(C(F)(F)F)nn(Cc4ccc(C#N)cc4)c3C)c3ccccc3n2)cc1. The van der Waals surface area contributed by atoms with Crippen LogP contribution >= 0.6 is 0 Å². The molecule has 0 fully saturated rings. The topological polar surface area (TPSA) is 83.6 Å². The van der Waals surface area contributed by atoms with Gasteiger partial charge in [-0.15, -0.1) is 0 Å². The number of pyridine rings is 1. The Morgan fingerprint density at radius 2 is 1.69 bits per heavy atom. The average Bonchev–Trinajstić information content (AvgIpc) is 3.23. The molecule has 0 saturated heterocycles. The molecule has 0 aliphatic rings. The third kappa shape index (κ3) is 5.22. The average molecular weight is 526 g/mol. The molecule has 0 atom stereocenters. The molecule has 1 N–H and O–H groups in total. The number of halogens is 3. The second kappa shape index (κ2) is 10.1. The van der Waals surface area contributed by atoms with Crippen molar-refractivity contribution in [2.45, 2.75) is 26.6 Å². The summed E-state index contributed by atoms with van der Waals surface area (Å²) in [6, 6.07) is 24.7. The van der Waals surface area contributed by atoms with Gasteiger partial charge in [0.05, 0.1) is 46.3 Å². The minimum atomic E-state index is -4.79. The van der Waals surface area contributed by atoms with Crippen LogP contribution in [0.3, 0.4) is 0 Å². The number of aryl methyl sites for hydroxylation is 1. The van der Waals surface area contributed by atoms with E-state index in [2.05, 4.69) is 15.4 Å². The van der Waals surface area contributed by atoms with Crippen molar-refractivity contribution in [1.82, 2.24) is 14.8 Å². The number of hydrogen-bond acceptors (Lipinski definition) is 4. The van der Waals surface area contributed by atoms with Crippen molar-refractivity contribution < 1.29 is 18.0 Å². The van der Waals surface area contributed by atoms with Crippen molar-refractivity contribution >= 4 is 22.5 Å². The van der Waals surface area contributed by atoms with Crippen molar-refractivity contribution in [3.05, 3.63) is 113 Å². The second-order valence-corrected chi connectivity index (χ2v) is 9.17. The molecule has 0 aliphatic carbocycles. The number of benzene rings is 3. The highest BCUT2D eigenvalue weighted by molar-refractivity contribution is 6.13. The van der Waals surface area contributed by atoms with E-state index < -0.39 is 23.5 Å². The molecule has 2 heterocycles. The van der Waals surface area contributed by atoms with Gasteiger partial charge in [0.2, 0.25) is 0 Å². The quantitative estimate of drug-likeness (QED) is 0.270. The van der Waals surface area contributed by atoms with Crippen LogP contribution < -0.4 is 5.32 Å². The largest absolute Gasteiger partial charge is 0.437 e. The molecule has 194 valence electrons. The van der Waals surface area contributed by atoms with E-state index in [0.29, 0.717) is 27.7 Å². The zero-order valence-corrected chi connectivity index (χ0v) is 21.0. The Morgan fingerprint density at radius 3 is 2.36 bits per heavy atom. The number of nitrogens with zero attached hydrogens (tertiary/aromatic N) is 4. The zero-order chi connectivity index (χ0) is 27.7. The third-order valence-electron chi connectivity index (χ3n) is 6.44. The molecule has 0 unspecified atom stereocenters. The minimum absolute atomic E-state index is 0.0340. The van der Waals surface area contributed by atoms with Crippen LogP contribution in [0.25, 0.3) is 22.2 Å². The highest BCUT2D eigenvalue weighted by Crippen LogP contribution is 2.37. The molecule has 6 nitrogen and oxygen atoms in total. The first-order valence-electron chi connectivity index (χ1n) is 12.1. The number of rotatable bonds is 5. The van der Waals surface area contributed by atoms with Crippen LogP contribution in [-0.2, 0) is 12.7 Å². The highest BCUT2D eigenvalue weighted by Gasteiger charge is 2.39. The standard InChI is InChI=1S/C30H22F3N5O/c1-18-7-13-22(14-8-18)26-15-24(23-5-3-4-6-25(23)35-26)29(39)36-27-19(2)38(37-28(27)30(31,32)33)17-21-11-9-20(16-34)10-12-21/h3-15H,17H2,1-2H3,(H,36,39). The van der Waals surface area contributed by atoms with E-state index >= 15 is 0 Å². The minimum Gasteiger partial charge on any atom is -0.319 e. The van der Waals surface area contributed by atoms with Crippen LogP contribution in [0.5, 0.6) is 0 Å². The summed E-state index contributed by atoms with van der Waals surface area (Å²) >= 11 is 0. The first-order chi connectivity index (χ1) is 18.6. The lowest BCUT2D eigenvalue weighted by molar-refractivity contribution is -0.140. The summed E-state index contributed by atoms with van der Waals surface area (Å²) in [7, 11) is 0. The summed E-state index contributed by atoms with van der Waals surface area (Å²) in [4.78, 5) is 18.2. The Bertz CT molecular complexity index is 1730. The van der Waals surface area contributed by atoms with E-state index in [1.807, 2.05) is 37.3 Å². The Labute approximate surface area is 222 Å². The van der Waals surface area contributed by atoms with Crippen LogP contribution in [0.1, 0.15) is 38.4 Å². The third-order valence-corrected chi connectivity index (χ3v) is 6.44. The number of amides is 1. The van der Waals surface area contributed by atoms with Crippen molar-refractivity contribution in [3.63, 3.8) is 0 Å². The van der Waals surface area contributed by atoms with Gasteiger partial charge in [0.1, 0.15) is 0 Å². The van der Waals surface area contributed by atoms with Crippen molar-refractivity contribution in [1.29, 1.82) is 5.26 Å². The molecule has 5 aromatic rings. The van der Waals surface area contributed by atoms with Gasteiger partial charge >= 0.3 is 6.18 Å². The fourth-order valence-corrected chi connectivity index (χ4v) is 4.32. The summed E-state index contributed by atoms with van der Waals surface area (Å²) in [5, 5.41) is 15.8. The van der Waals surface area contributed by atoms with Crippen molar-refractivity contribution in [2.24, 2.45) is 0 Å². The van der Waals surface area contributed by atoms with Crippen molar-refractivity contribution in [3.8, 4) is 17.3 Å². The molecule has 0 saturated carbocycles. The van der Waals surface area contributed by atoms with E-state index in [4.69, 9.17) is 5.26 Å². The fourth-order valence-electron chi connectivity index (χ4n) is 4.32. The molecule has 3 aromatic carbocycles. The van der Waals surface area contributed by atoms with E-state index in [1.165, 1.54) is 11.6 Å². The molecule has 0 bridgehead atoms. The van der Waals surface area contributed by atoms with Gasteiger partial charge in [0.25, 0.3) is 5.91 Å². The van der Waals surface area contributed by atoms with Gasteiger partial charge in [-0.2, -0.15) is 23.5 Å². The predicted octanol–water partition coefficient (Wildman–Crippen LogP) is 6.91. The number of nitrogens with one attached hydrogen (secondary N) is 1. The molecule has 39 heavy (non-hydrogen) atoms. The van der Waals surface area contributed by atoms with E-state index in [9.17, 15) is 18.0 Å². The number of nitriles is 1. The summed E-state index contributed by atoms with van der Waals surface area (Å²) in [6.07, 6.45) is -4.79. The zero-order valence-electron chi connectivity index (χ0n) is 21.0. The van der Waals surface area contributed by atoms with Crippen LogP contribution in [0.15, 0.2) is 78.9 Å². The maximum atomic E-state index is 14.0. The lowest BCUT2D eigenvalue weighted by Gasteiger charge is -2.12. The second-order valence-electron chi connectivity index (χ2n) is 9.17. The smallest absolute Gasteiger partial charge is 0.319 e. The number of alkyl halides is 3. The van der Waals surface area contributed by atoms with E-state index in [1.54, 1.807) is 54.6 Å². The molecule has 1 amide bonds. The summed E-state index contributed by atoms with van der Waals surface area (Å²) in [5.74, 6) is -0.700. The number of carbonyl (C=O) groups is 1. The Kier molecular flexibility index (Phi) is 6.62. The monoisotopic (exact) mass is 525 g/mol. The maximum absolute atomic E-state index is 14.0. The molecular weight excluding hydrogens is 503 g/mol. The number of para-hydroxylation sites is 1. The maximum Gasteiger partial charge on any atom is 0.437 e. The van der Waals surface area contributed by atoms with Gasteiger partial charge in [0.15, 0.2) is 5.69 Å². The molecule has 9 heteroatoms. The van der Waals surface area contributed by atoms with Gasteiger partial charge in [0, 0.05) is 10.9 Å². The van der Waals surface area contributed by atoms with Crippen LogP contribution in [0.4, 0.5) is 18.9 Å². The van der Waals surface area contributed by atoms with Gasteiger partial charge in [-0.3, -0.25) is 9.48 Å². The molecule has 0 radical (unpaired) electrons. The molecular formula is C30H22F3N5O. The number of aromatic nitrogens is 3. The molecule has 0 aliphatic heterocycles. The van der Waals surface area contributed by atoms with E-state index in [-0.39, 0.29) is 17.8 Å². The summed E-state index contributed by atoms with van der Waals surface area (Å²) < 4.78 is 43.3. The summed E-state index contributed by atoms with van der Waals surface area (Å²) in [6.45, 7) is 3.47. The van der Waals surface area contributed by atoms with Crippen LogP contribution in [0.2, 0.25) is 0 Å². The van der Waals surface area contributed by atoms with Gasteiger partial charge in [-0.1, -0.05) is 60.2 Å². The molecule has 2 aromatic heterocycles. The summed E-state index contributed by atoms with van der Waals surface area (Å²) in [5.41, 5.74) is 2.78. The van der Waals surface area contributed by atoms with Crippen LogP contribution in [0, 0.1) is 25.2 Å². The van der Waals surface area contributed by atoms with Gasteiger partial charge in [-0.25, -0.2) is 4.98 Å². The lowest BCUT2D eigenvalue weighted by atomic mass is 10.0. The predicted molar refractivity (Wildman–Crippen MR) is 142 cm³/mol. The van der Waals surface area contributed by atoms with E-state index in [0.717, 1.165) is 11.1 Å². The number of hydrogen-bond donors (Lipinski definition) is 1. The first-order valence-corrected chi connectivity index (χ1v) is 12.1. The number of fused-ring (bicyclic) bond motifs is 1. The van der Waals surface area contributed by atoms with Gasteiger partial charge in [-0.05, 0) is 43.7 Å². The Balaban J connectivity index is 1.55. The highest BCUT2D eigenvalue weighted by atomic mass is 19.4. The number of carbonyl (C=O) groups excluding carboxylic acids is 1. The first kappa shape index (κ1) is 25.7.